The van der Waals surface area contributed by atoms with Crippen LogP contribution in [0.4, 0.5) is 0 Å². The third kappa shape index (κ3) is 4.56. The van der Waals surface area contributed by atoms with E-state index in [9.17, 15) is 0 Å². The fraction of sp³-hybridized carbons (Fsp3) is 0.692. The third-order valence-electron chi connectivity index (χ3n) is 2.98. The Labute approximate surface area is 103 Å². The molecule has 2 heteroatoms. The molecule has 0 saturated carbocycles. The number of hydrogen-bond acceptors (Lipinski definition) is 1. The molecule has 0 fully saturated rings. The minimum atomic E-state index is 0.316. The lowest BCUT2D eigenvalue weighted by Crippen LogP contribution is -2.16. The lowest BCUT2D eigenvalue weighted by atomic mass is 9.92. The summed E-state index contributed by atoms with van der Waals surface area (Å²) >= 11 is 8.24. The van der Waals surface area contributed by atoms with Crippen molar-refractivity contribution < 1.29 is 0 Å². The SMILES string of the molecule is CCCCC(CC)C(Cl)Cc1ccsc1. The Morgan fingerprint density at radius 1 is 1.40 bits per heavy atom. The summed E-state index contributed by atoms with van der Waals surface area (Å²) in [5.74, 6) is 0.687. The van der Waals surface area contributed by atoms with Crippen LogP contribution in [0.15, 0.2) is 16.8 Å². The molecule has 1 rings (SSSR count). The second-order valence-corrected chi connectivity index (χ2v) is 5.50. The molecule has 2 unspecified atom stereocenters. The van der Waals surface area contributed by atoms with Gasteiger partial charge in [-0.05, 0) is 41.1 Å². The van der Waals surface area contributed by atoms with Crippen LogP contribution in [0.3, 0.4) is 0 Å². The number of thiophene rings is 1. The fourth-order valence-electron chi connectivity index (χ4n) is 1.91. The van der Waals surface area contributed by atoms with Gasteiger partial charge in [-0.2, -0.15) is 11.3 Å². The zero-order chi connectivity index (χ0) is 11.1. The van der Waals surface area contributed by atoms with Gasteiger partial charge in [0.1, 0.15) is 0 Å². The summed E-state index contributed by atoms with van der Waals surface area (Å²) in [7, 11) is 0. The van der Waals surface area contributed by atoms with Gasteiger partial charge in [-0.25, -0.2) is 0 Å². The average molecular weight is 245 g/mol. The summed E-state index contributed by atoms with van der Waals surface area (Å²) < 4.78 is 0. The van der Waals surface area contributed by atoms with Crippen molar-refractivity contribution in [1.29, 1.82) is 0 Å². The Kier molecular flexibility index (Phi) is 6.35. The summed E-state index contributed by atoms with van der Waals surface area (Å²) in [6, 6.07) is 2.19. The van der Waals surface area contributed by atoms with E-state index in [1.54, 1.807) is 11.3 Å². The Morgan fingerprint density at radius 3 is 2.73 bits per heavy atom. The van der Waals surface area contributed by atoms with E-state index in [2.05, 4.69) is 30.7 Å². The lowest BCUT2D eigenvalue weighted by molar-refractivity contribution is 0.428. The van der Waals surface area contributed by atoms with Crippen LogP contribution in [-0.4, -0.2) is 5.38 Å². The van der Waals surface area contributed by atoms with E-state index >= 15 is 0 Å². The van der Waals surface area contributed by atoms with E-state index in [-0.39, 0.29) is 0 Å². The number of rotatable bonds is 7. The van der Waals surface area contributed by atoms with Gasteiger partial charge < -0.3 is 0 Å². The van der Waals surface area contributed by atoms with E-state index in [0.29, 0.717) is 11.3 Å². The smallest absolute Gasteiger partial charge is 0.0404 e. The minimum absolute atomic E-state index is 0.316. The molecule has 0 aromatic carbocycles. The van der Waals surface area contributed by atoms with Crippen molar-refractivity contribution in [3.05, 3.63) is 22.4 Å². The van der Waals surface area contributed by atoms with E-state index in [1.165, 1.54) is 31.2 Å². The van der Waals surface area contributed by atoms with Crippen LogP contribution in [0.25, 0.3) is 0 Å². The normalized spacial score (nSPS) is 15.1. The Bertz CT molecular complexity index is 243. The predicted octanol–water partition coefficient (Wildman–Crippen LogP) is 5.11. The first kappa shape index (κ1) is 13.1. The molecule has 1 aromatic heterocycles. The first-order valence-electron chi connectivity index (χ1n) is 5.93. The first-order valence-corrected chi connectivity index (χ1v) is 7.31. The quantitative estimate of drug-likeness (QED) is 0.585. The molecular formula is C13H21ClS. The fourth-order valence-corrected chi connectivity index (χ4v) is 3.07. The molecule has 0 N–H and O–H groups in total. The molecule has 2 atom stereocenters. The number of hydrogen-bond donors (Lipinski definition) is 0. The van der Waals surface area contributed by atoms with Gasteiger partial charge in [0.25, 0.3) is 0 Å². The highest BCUT2D eigenvalue weighted by Gasteiger charge is 2.17. The summed E-state index contributed by atoms with van der Waals surface area (Å²) in [6.45, 7) is 4.50. The van der Waals surface area contributed by atoms with Crippen molar-refractivity contribution >= 4 is 22.9 Å². The molecule has 0 radical (unpaired) electrons. The van der Waals surface area contributed by atoms with E-state index < -0.39 is 0 Å². The average Bonchev–Trinajstić information content (AvgIpc) is 2.71. The van der Waals surface area contributed by atoms with Gasteiger partial charge in [0.05, 0.1) is 0 Å². The predicted molar refractivity (Wildman–Crippen MR) is 71.0 cm³/mol. The van der Waals surface area contributed by atoms with Crippen LogP contribution in [0.2, 0.25) is 0 Å². The molecule has 15 heavy (non-hydrogen) atoms. The van der Waals surface area contributed by atoms with Crippen LogP contribution in [-0.2, 0) is 6.42 Å². The molecule has 0 nitrogen and oxygen atoms in total. The molecule has 0 aliphatic heterocycles. The van der Waals surface area contributed by atoms with Crippen molar-refractivity contribution in [2.24, 2.45) is 5.92 Å². The van der Waals surface area contributed by atoms with E-state index in [1.807, 2.05) is 0 Å². The zero-order valence-corrected chi connectivity index (χ0v) is 11.3. The van der Waals surface area contributed by atoms with Crippen molar-refractivity contribution in [2.45, 2.75) is 51.3 Å². The van der Waals surface area contributed by atoms with Crippen LogP contribution in [0.5, 0.6) is 0 Å². The molecule has 0 saturated heterocycles. The first-order chi connectivity index (χ1) is 7.27. The van der Waals surface area contributed by atoms with Crippen LogP contribution < -0.4 is 0 Å². The summed E-state index contributed by atoms with van der Waals surface area (Å²) in [6.07, 6.45) is 6.11. The maximum atomic E-state index is 6.48. The van der Waals surface area contributed by atoms with Gasteiger partial charge in [0.2, 0.25) is 0 Å². The maximum absolute atomic E-state index is 6.48. The van der Waals surface area contributed by atoms with Gasteiger partial charge in [-0.1, -0.05) is 33.1 Å². The van der Waals surface area contributed by atoms with Crippen molar-refractivity contribution in [3.63, 3.8) is 0 Å². The van der Waals surface area contributed by atoms with Crippen molar-refractivity contribution in [2.75, 3.05) is 0 Å². The second-order valence-electron chi connectivity index (χ2n) is 4.16. The standard InChI is InChI=1S/C13H21ClS/c1-3-5-6-12(4-2)13(14)9-11-7-8-15-10-11/h7-8,10,12-13H,3-6,9H2,1-2H3. The maximum Gasteiger partial charge on any atom is 0.0404 e. The number of halogens is 1. The summed E-state index contributed by atoms with van der Waals surface area (Å²) in [5, 5.41) is 4.66. The molecule has 1 aromatic rings. The highest BCUT2D eigenvalue weighted by atomic mass is 35.5. The highest BCUT2D eigenvalue weighted by Crippen LogP contribution is 2.25. The van der Waals surface area contributed by atoms with E-state index in [4.69, 9.17) is 11.6 Å². The number of alkyl halides is 1. The highest BCUT2D eigenvalue weighted by molar-refractivity contribution is 7.07. The van der Waals surface area contributed by atoms with Gasteiger partial charge >= 0.3 is 0 Å². The molecule has 0 spiro atoms. The Hall–Kier alpha value is -0.0100. The largest absolute Gasteiger partial charge is 0.152 e. The van der Waals surface area contributed by atoms with Crippen molar-refractivity contribution in [1.82, 2.24) is 0 Å². The zero-order valence-electron chi connectivity index (χ0n) is 9.71. The molecular weight excluding hydrogens is 224 g/mol. The van der Waals surface area contributed by atoms with Gasteiger partial charge in [0.15, 0.2) is 0 Å². The van der Waals surface area contributed by atoms with Crippen LogP contribution in [0.1, 0.15) is 45.1 Å². The van der Waals surface area contributed by atoms with Gasteiger partial charge in [-0.3, -0.25) is 0 Å². The molecule has 86 valence electrons. The Balaban J connectivity index is 2.39. The second kappa shape index (κ2) is 7.29. The van der Waals surface area contributed by atoms with Gasteiger partial charge in [-0.15, -0.1) is 11.6 Å². The Morgan fingerprint density at radius 2 is 2.20 bits per heavy atom. The number of unbranched alkanes of at least 4 members (excludes halogenated alkanes) is 1. The molecule has 0 amide bonds. The third-order valence-corrected chi connectivity index (χ3v) is 4.22. The topological polar surface area (TPSA) is 0 Å². The summed E-state index contributed by atoms with van der Waals surface area (Å²) in [5.41, 5.74) is 1.40. The molecule has 0 aliphatic carbocycles. The lowest BCUT2D eigenvalue weighted by Gasteiger charge is -2.20. The van der Waals surface area contributed by atoms with E-state index in [0.717, 1.165) is 6.42 Å². The van der Waals surface area contributed by atoms with Crippen LogP contribution in [0, 0.1) is 5.92 Å². The summed E-state index contributed by atoms with van der Waals surface area (Å²) in [4.78, 5) is 0. The van der Waals surface area contributed by atoms with Crippen molar-refractivity contribution in [3.8, 4) is 0 Å². The molecule has 0 aliphatic rings. The van der Waals surface area contributed by atoms with Crippen LogP contribution >= 0.6 is 22.9 Å². The van der Waals surface area contributed by atoms with Gasteiger partial charge in [0, 0.05) is 5.38 Å². The minimum Gasteiger partial charge on any atom is -0.152 e. The molecule has 1 heterocycles. The monoisotopic (exact) mass is 244 g/mol. The molecule has 0 bridgehead atoms.